The Morgan fingerprint density at radius 1 is 1.24 bits per heavy atom. The summed E-state index contributed by atoms with van der Waals surface area (Å²) in [6.45, 7) is 4.68. The van der Waals surface area contributed by atoms with Crippen LogP contribution in [0.4, 0.5) is 5.69 Å². The lowest BCUT2D eigenvalue weighted by Crippen LogP contribution is -2.33. The zero-order chi connectivity index (χ0) is 20.6. The predicted molar refractivity (Wildman–Crippen MR) is 121 cm³/mol. The van der Waals surface area contributed by atoms with Crippen LogP contribution in [0.1, 0.15) is 0 Å². The molecule has 0 spiro atoms. The second-order valence-electron chi connectivity index (χ2n) is 5.88. The summed E-state index contributed by atoms with van der Waals surface area (Å²) >= 11 is 13.3. The highest BCUT2D eigenvalue weighted by Gasteiger charge is 2.18. The second-order valence-corrected chi connectivity index (χ2v) is 7.60. The molecule has 29 heavy (non-hydrogen) atoms. The van der Waals surface area contributed by atoms with Gasteiger partial charge in [0.15, 0.2) is 0 Å². The number of carbonyl (C=O) groups excluding carboxylic acids is 1. The van der Waals surface area contributed by atoms with Crippen molar-refractivity contribution in [3.05, 3.63) is 71.2 Å². The summed E-state index contributed by atoms with van der Waals surface area (Å²) in [5.41, 5.74) is 0.459. The Labute approximate surface area is 183 Å². The standard InChI is InChI=1S/C20H18Cl2N4O2S/c1-2-11-26-12-18(28-14-7-4-3-5-8-14)24-20(25-26)29-13-17(27)23-16-10-6-9-15(21)19(16)22/h2-10H,1,11-13H2,(H,23,27). The SMILES string of the molecule is C=CCN1CC(Oc2ccccc2)=NC(SCC(=O)Nc2cccc(Cl)c2Cl)=N1. The van der Waals surface area contributed by atoms with Crippen LogP contribution in [0.3, 0.4) is 0 Å². The number of hydrogen-bond donors (Lipinski definition) is 1. The van der Waals surface area contributed by atoms with Crippen molar-refractivity contribution in [3.63, 3.8) is 0 Å². The molecule has 1 aliphatic rings. The van der Waals surface area contributed by atoms with E-state index in [4.69, 9.17) is 27.9 Å². The van der Waals surface area contributed by atoms with E-state index in [1.807, 2.05) is 30.3 Å². The molecule has 2 aromatic rings. The molecular weight excluding hydrogens is 431 g/mol. The molecule has 0 bridgehead atoms. The van der Waals surface area contributed by atoms with E-state index in [1.54, 1.807) is 29.3 Å². The highest BCUT2D eigenvalue weighted by molar-refractivity contribution is 8.14. The molecule has 0 saturated heterocycles. The molecule has 1 N–H and O–H groups in total. The molecule has 1 aliphatic heterocycles. The smallest absolute Gasteiger partial charge is 0.234 e. The summed E-state index contributed by atoms with van der Waals surface area (Å²) in [7, 11) is 0. The highest BCUT2D eigenvalue weighted by Crippen LogP contribution is 2.29. The highest BCUT2D eigenvalue weighted by atomic mass is 35.5. The number of amides is 1. The van der Waals surface area contributed by atoms with Crippen LogP contribution >= 0.6 is 35.0 Å². The molecule has 6 nitrogen and oxygen atoms in total. The van der Waals surface area contributed by atoms with Gasteiger partial charge in [-0.1, -0.05) is 65.3 Å². The normalized spacial score (nSPS) is 13.4. The Bertz CT molecular complexity index is 951. The number of nitrogens with one attached hydrogen (secondary N) is 1. The molecule has 0 saturated carbocycles. The number of anilines is 1. The van der Waals surface area contributed by atoms with Crippen molar-refractivity contribution in [2.75, 3.05) is 24.2 Å². The molecule has 2 aromatic carbocycles. The number of thioether (sulfide) groups is 1. The van der Waals surface area contributed by atoms with E-state index in [0.29, 0.717) is 45.6 Å². The van der Waals surface area contributed by atoms with E-state index in [9.17, 15) is 4.79 Å². The number of aliphatic imine (C=N–C) groups is 1. The van der Waals surface area contributed by atoms with Gasteiger partial charge < -0.3 is 10.1 Å². The Morgan fingerprint density at radius 3 is 2.79 bits per heavy atom. The fraction of sp³-hybridized carbons (Fsp3) is 0.150. The van der Waals surface area contributed by atoms with Crippen LogP contribution in [-0.4, -0.2) is 40.8 Å². The summed E-state index contributed by atoms with van der Waals surface area (Å²) in [5.74, 6) is 1.04. The van der Waals surface area contributed by atoms with Gasteiger partial charge in [0.1, 0.15) is 12.3 Å². The van der Waals surface area contributed by atoms with Crippen molar-refractivity contribution >= 4 is 57.6 Å². The molecule has 0 atom stereocenters. The minimum atomic E-state index is -0.247. The van der Waals surface area contributed by atoms with Gasteiger partial charge in [-0.05, 0) is 24.3 Å². The quantitative estimate of drug-likeness (QED) is 0.637. The number of carbonyl (C=O) groups is 1. The van der Waals surface area contributed by atoms with Gasteiger partial charge in [-0.25, -0.2) is 0 Å². The van der Waals surface area contributed by atoms with Crippen molar-refractivity contribution in [2.45, 2.75) is 0 Å². The van der Waals surface area contributed by atoms with Gasteiger partial charge >= 0.3 is 0 Å². The van der Waals surface area contributed by atoms with Crippen LogP contribution in [0.15, 0.2) is 71.3 Å². The van der Waals surface area contributed by atoms with Crippen molar-refractivity contribution in [3.8, 4) is 5.75 Å². The van der Waals surface area contributed by atoms with Gasteiger partial charge in [0.25, 0.3) is 0 Å². The maximum atomic E-state index is 12.3. The average Bonchev–Trinajstić information content (AvgIpc) is 2.71. The largest absolute Gasteiger partial charge is 0.441 e. The molecule has 0 aliphatic carbocycles. The first kappa shape index (κ1) is 21.2. The summed E-state index contributed by atoms with van der Waals surface area (Å²) < 4.78 is 5.84. The molecule has 1 amide bonds. The van der Waals surface area contributed by atoms with E-state index >= 15 is 0 Å². The fourth-order valence-corrected chi connectivity index (χ4v) is 3.41. The van der Waals surface area contributed by atoms with E-state index in [1.165, 1.54) is 11.8 Å². The topological polar surface area (TPSA) is 66.3 Å². The van der Waals surface area contributed by atoms with Crippen LogP contribution in [0.25, 0.3) is 0 Å². The first-order valence-electron chi connectivity index (χ1n) is 8.66. The maximum absolute atomic E-state index is 12.3. The number of hydrogen-bond acceptors (Lipinski definition) is 6. The number of halogens is 2. The van der Waals surface area contributed by atoms with Crippen LogP contribution in [0, 0.1) is 0 Å². The van der Waals surface area contributed by atoms with Gasteiger partial charge in [-0.15, -0.1) is 11.7 Å². The lowest BCUT2D eigenvalue weighted by atomic mass is 10.3. The van der Waals surface area contributed by atoms with Gasteiger partial charge in [-0.2, -0.15) is 4.99 Å². The number of benzene rings is 2. The molecule has 0 fully saturated rings. The molecule has 1 heterocycles. The lowest BCUT2D eigenvalue weighted by molar-refractivity contribution is -0.113. The van der Waals surface area contributed by atoms with Gasteiger partial charge in [0.05, 0.1) is 28.0 Å². The van der Waals surface area contributed by atoms with Gasteiger partial charge in [-0.3, -0.25) is 9.80 Å². The number of amidine groups is 1. The first-order chi connectivity index (χ1) is 14.0. The Kier molecular flexibility index (Phi) is 7.57. The molecular formula is C20H18Cl2N4O2S. The minimum Gasteiger partial charge on any atom is -0.441 e. The Hall–Kier alpha value is -2.48. The third-order valence-electron chi connectivity index (χ3n) is 3.64. The Balaban J connectivity index is 1.64. The third kappa shape index (κ3) is 6.25. The minimum absolute atomic E-state index is 0.103. The van der Waals surface area contributed by atoms with Gasteiger partial charge in [0, 0.05) is 0 Å². The number of para-hydroxylation sites is 1. The summed E-state index contributed by atoms with van der Waals surface area (Å²) in [4.78, 5) is 16.7. The monoisotopic (exact) mass is 448 g/mol. The molecule has 150 valence electrons. The Morgan fingerprint density at radius 2 is 2.03 bits per heavy atom. The number of ether oxygens (including phenoxy) is 1. The van der Waals surface area contributed by atoms with Crippen molar-refractivity contribution in [2.24, 2.45) is 10.1 Å². The molecule has 0 radical (unpaired) electrons. The van der Waals surface area contributed by atoms with Crippen LogP contribution < -0.4 is 10.1 Å². The number of nitrogens with zero attached hydrogens (tertiary/aromatic N) is 3. The summed E-state index contributed by atoms with van der Waals surface area (Å²) in [6, 6.07) is 14.4. The van der Waals surface area contributed by atoms with Crippen LogP contribution in [0.5, 0.6) is 5.75 Å². The molecule has 0 aromatic heterocycles. The summed E-state index contributed by atoms with van der Waals surface area (Å²) in [6.07, 6.45) is 1.74. The van der Waals surface area contributed by atoms with Crippen molar-refractivity contribution in [1.82, 2.24) is 5.01 Å². The third-order valence-corrected chi connectivity index (χ3v) is 5.30. The van der Waals surface area contributed by atoms with E-state index in [-0.39, 0.29) is 11.7 Å². The number of rotatable bonds is 6. The second kappa shape index (κ2) is 10.3. The zero-order valence-corrected chi connectivity index (χ0v) is 17.7. The van der Waals surface area contributed by atoms with E-state index < -0.39 is 0 Å². The zero-order valence-electron chi connectivity index (χ0n) is 15.3. The number of hydrazone groups is 1. The van der Waals surface area contributed by atoms with Gasteiger partial charge in [0.2, 0.25) is 17.0 Å². The molecule has 9 heteroatoms. The average molecular weight is 449 g/mol. The predicted octanol–water partition coefficient (Wildman–Crippen LogP) is 4.92. The van der Waals surface area contributed by atoms with Crippen LogP contribution in [0.2, 0.25) is 10.0 Å². The van der Waals surface area contributed by atoms with Crippen molar-refractivity contribution in [1.29, 1.82) is 0 Å². The molecule has 0 unspecified atom stereocenters. The summed E-state index contributed by atoms with van der Waals surface area (Å²) in [5, 5.41) is 10.0. The van der Waals surface area contributed by atoms with E-state index in [0.717, 1.165) is 0 Å². The fourth-order valence-electron chi connectivity index (χ4n) is 2.39. The molecule has 3 rings (SSSR count). The lowest BCUT2D eigenvalue weighted by Gasteiger charge is -2.23. The first-order valence-corrected chi connectivity index (χ1v) is 10.4. The van der Waals surface area contributed by atoms with E-state index in [2.05, 4.69) is 22.0 Å². The van der Waals surface area contributed by atoms with Crippen molar-refractivity contribution < 1.29 is 9.53 Å². The van der Waals surface area contributed by atoms with Crippen LogP contribution in [-0.2, 0) is 4.79 Å². The maximum Gasteiger partial charge on any atom is 0.234 e.